The zero-order chi connectivity index (χ0) is 15.5. The summed E-state index contributed by atoms with van der Waals surface area (Å²) < 4.78 is 13.5. The first-order valence-corrected chi connectivity index (χ1v) is 7.91. The van der Waals surface area contributed by atoms with Gasteiger partial charge in [-0.05, 0) is 29.3 Å². The normalized spacial score (nSPS) is 16.6. The molecule has 22 heavy (non-hydrogen) atoms. The van der Waals surface area contributed by atoms with Gasteiger partial charge in [0.1, 0.15) is 10.1 Å². The molecule has 0 saturated carbocycles. The lowest BCUT2D eigenvalue weighted by molar-refractivity contribution is -0.122. The highest BCUT2D eigenvalue weighted by Crippen LogP contribution is 2.33. The molecular formula is C17H12FNOS2. The molecule has 0 N–H and O–H groups in total. The monoisotopic (exact) mass is 329 g/mol. The van der Waals surface area contributed by atoms with Gasteiger partial charge in [0.25, 0.3) is 5.91 Å². The summed E-state index contributed by atoms with van der Waals surface area (Å²) in [5, 5.41) is 0. The van der Waals surface area contributed by atoms with E-state index in [1.807, 2.05) is 30.3 Å². The Kier molecular flexibility index (Phi) is 4.36. The molecule has 1 aliphatic heterocycles. The van der Waals surface area contributed by atoms with Crippen LogP contribution in [0.3, 0.4) is 0 Å². The predicted molar refractivity (Wildman–Crippen MR) is 91.6 cm³/mol. The second-order valence-electron chi connectivity index (χ2n) is 4.81. The van der Waals surface area contributed by atoms with E-state index in [0.29, 0.717) is 15.8 Å². The summed E-state index contributed by atoms with van der Waals surface area (Å²) in [6.45, 7) is 0.465. The van der Waals surface area contributed by atoms with Crippen molar-refractivity contribution in [2.75, 3.05) is 0 Å². The van der Waals surface area contributed by atoms with Crippen LogP contribution in [0.1, 0.15) is 11.1 Å². The molecule has 0 radical (unpaired) electrons. The van der Waals surface area contributed by atoms with E-state index < -0.39 is 0 Å². The number of rotatable bonds is 3. The van der Waals surface area contributed by atoms with E-state index in [2.05, 4.69) is 0 Å². The van der Waals surface area contributed by atoms with Crippen LogP contribution < -0.4 is 0 Å². The van der Waals surface area contributed by atoms with Crippen LogP contribution in [0.25, 0.3) is 6.08 Å². The average molecular weight is 329 g/mol. The Balaban J connectivity index is 1.80. The van der Waals surface area contributed by atoms with E-state index in [9.17, 15) is 9.18 Å². The van der Waals surface area contributed by atoms with E-state index in [4.69, 9.17) is 12.2 Å². The SMILES string of the molecule is O=C1C(=Cc2ccc(F)cc2)SC(=S)N1Cc1ccccc1. The smallest absolute Gasteiger partial charge is 0.266 e. The van der Waals surface area contributed by atoms with Crippen LogP contribution in [0.15, 0.2) is 59.5 Å². The van der Waals surface area contributed by atoms with Gasteiger partial charge in [-0.1, -0.05) is 66.4 Å². The largest absolute Gasteiger partial charge is 0.288 e. The zero-order valence-corrected chi connectivity index (χ0v) is 13.2. The lowest BCUT2D eigenvalue weighted by Gasteiger charge is -2.14. The molecule has 1 aliphatic rings. The molecule has 1 fully saturated rings. The number of thioether (sulfide) groups is 1. The van der Waals surface area contributed by atoms with Crippen LogP contribution in [-0.4, -0.2) is 15.1 Å². The molecule has 2 aromatic rings. The topological polar surface area (TPSA) is 20.3 Å². The third-order valence-corrected chi connectivity index (χ3v) is 4.60. The van der Waals surface area contributed by atoms with Crippen molar-refractivity contribution in [2.24, 2.45) is 0 Å². The molecular weight excluding hydrogens is 317 g/mol. The fraction of sp³-hybridized carbons (Fsp3) is 0.0588. The number of carbonyl (C=O) groups excluding carboxylic acids is 1. The minimum Gasteiger partial charge on any atom is -0.288 e. The highest BCUT2D eigenvalue weighted by atomic mass is 32.2. The van der Waals surface area contributed by atoms with Crippen molar-refractivity contribution in [3.05, 3.63) is 76.4 Å². The minimum absolute atomic E-state index is 0.108. The second-order valence-corrected chi connectivity index (χ2v) is 6.48. The Labute approximate surface area is 137 Å². The van der Waals surface area contributed by atoms with Gasteiger partial charge in [0.05, 0.1) is 11.4 Å². The number of thiocarbonyl (C=S) groups is 1. The Morgan fingerprint density at radius 1 is 1.09 bits per heavy atom. The third-order valence-electron chi connectivity index (χ3n) is 3.22. The van der Waals surface area contributed by atoms with Gasteiger partial charge < -0.3 is 0 Å². The highest BCUT2D eigenvalue weighted by Gasteiger charge is 2.31. The molecule has 0 aliphatic carbocycles. The maximum Gasteiger partial charge on any atom is 0.266 e. The zero-order valence-electron chi connectivity index (χ0n) is 11.5. The molecule has 0 aromatic heterocycles. The molecule has 1 saturated heterocycles. The van der Waals surface area contributed by atoms with E-state index in [1.165, 1.54) is 23.9 Å². The van der Waals surface area contributed by atoms with E-state index >= 15 is 0 Å². The average Bonchev–Trinajstić information content (AvgIpc) is 2.78. The number of carbonyl (C=O) groups is 1. The molecule has 0 atom stereocenters. The van der Waals surface area contributed by atoms with Crippen LogP contribution in [0, 0.1) is 5.82 Å². The number of hydrogen-bond acceptors (Lipinski definition) is 3. The summed E-state index contributed by atoms with van der Waals surface area (Å²) in [7, 11) is 0. The first-order valence-electron chi connectivity index (χ1n) is 6.68. The maximum absolute atomic E-state index is 12.9. The molecule has 0 bridgehead atoms. The van der Waals surface area contributed by atoms with Crippen LogP contribution >= 0.6 is 24.0 Å². The molecule has 3 rings (SSSR count). The summed E-state index contributed by atoms with van der Waals surface area (Å²) in [5.74, 6) is -0.406. The number of hydrogen-bond donors (Lipinski definition) is 0. The van der Waals surface area contributed by atoms with Crippen LogP contribution in [0.5, 0.6) is 0 Å². The number of amides is 1. The standard InChI is InChI=1S/C17H12FNOS2/c18-14-8-6-12(7-9-14)10-15-16(20)19(17(21)22-15)11-13-4-2-1-3-5-13/h1-10H,11H2. The fourth-order valence-corrected chi connectivity index (χ4v) is 3.37. The van der Waals surface area contributed by atoms with Crippen LogP contribution in [0.2, 0.25) is 0 Å². The van der Waals surface area contributed by atoms with Gasteiger partial charge in [0.2, 0.25) is 0 Å². The molecule has 0 unspecified atom stereocenters. The summed E-state index contributed by atoms with van der Waals surface area (Å²) in [6.07, 6.45) is 1.74. The summed E-state index contributed by atoms with van der Waals surface area (Å²) in [6, 6.07) is 15.7. The molecule has 1 heterocycles. The fourth-order valence-electron chi connectivity index (χ4n) is 2.11. The van der Waals surface area contributed by atoms with Gasteiger partial charge in [-0.15, -0.1) is 0 Å². The van der Waals surface area contributed by atoms with Gasteiger partial charge in [0, 0.05) is 0 Å². The van der Waals surface area contributed by atoms with E-state index in [0.717, 1.165) is 11.1 Å². The maximum atomic E-state index is 12.9. The first-order chi connectivity index (χ1) is 10.6. The van der Waals surface area contributed by atoms with Crippen molar-refractivity contribution in [3.63, 3.8) is 0 Å². The Hall–Kier alpha value is -1.98. The second kappa shape index (κ2) is 6.42. The van der Waals surface area contributed by atoms with Crippen molar-refractivity contribution < 1.29 is 9.18 Å². The number of halogens is 1. The summed E-state index contributed by atoms with van der Waals surface area (Å²) in [4.78, 5) is 14.6. The lowest BCUT2D eigenvalue weighted by atomic mass is 10.2. The third kappa shape index (κ3) is 3.26. The van der Waals surface area contributed by atoms with Crippen LogP contribution in [0.4, 0.5) is 4.39 Å². The van der Waals surface area contributed by atoms with Gasteiger partial charge in [-0.2, -0.15) is 0 Å². The van der Waals surface area contributed by atoms with E-state index in [-0.39, 0.29) is 11.7 Å². The van der Waals surface area contributed by atoms with Gasteiger partial charge in [-0.3, -0.25) is 9.69 Å². The molecule has 0 spiro atoms. The molecule has 2 aromatic carbocycles. The van der Waals surface area contributed by atoms with Gasteiger partial charge in [0.15, 0.2) is 0 Å². The van der Waals surface area contributed by atoms with Gasteiger partial charge >= 0.3 is 0 Å². The van der Waals surface area contributed by atoms with Crippen LogP contribution in [-0.2, 0) is 11.3 Å². The van der Waals surface area contributed by atoms with E-state index in [1.54, 1.807) is 23.1 Å². The van der Waals surface area contributed by atoms with Crippen molar-refractivity contribution in [1.29, 1.82) is 0 Å². The van der Waals surface area contributed by atoms with Crippen molar-refractivity contribution in [2.45, 2.75) is 6.54 Å². The Morgan fingerprint density at radius 2 is 1.77 bits per heavy atom. The first kappa shape index (κ1) is 14.9. The Bertz CT molecular complexity index is 741. The Morgan fingerprint density at radius 3 is 2.45 bits per heavy atom. The van der Waals surface area contributed by atoms with Gasteiger partial charge in [-0.25, -0.2) is 4.39 Å². The predicted octanol–water partition coefficient (Wildman–Crippen LogP) is 4.23. The molecule has 2 nitrogen and oxygen atoms in total. The number of nitrogens with zero attached hydrogens (tertiary/aromatic N) is 1. The minimum atomic E-state index is -0.297. The molecule has 110 valence electrons. The molecule has 5 heteroatoms. The summed E-state index contributed by atoms with van der Waals surface area (Å²) >= 11 is 6.57. The summed E-state index contributed by atoms with van der Waals surface area (Å²) in [5.41, 5.74) is 1.81. The number of benzene rings is 2. The van der Waals surface area contributed by atoms with Crippen molar-refractivity contribution in [1.82, 2.24) is 4.90 Å². The molecule has 1 amide bonds. The highest BCUT2D eigenvalue weighted by molar-refractivity contribution is 8.26. The quantitative estimate of drug-likeness (QED) is 0.621. The van der Waals surface area contributed by atoms with Crippen molar-refractivity contribution >= 4 is 40.3 Å². The lowest BCUT2D eigenvalue weighted by Crippen LogP contribution is -2.27. The van der Waals surface area contributed by atoms with Crippen molar-refractivity contribution in [3.8, 4) is 0 Å².